The van der Waals surface area contributed by atoms with Crippen molar-refractivity contribution in [2.24, 2.45) is 5.92 Å². The van der Waals surface area contributed by atoms with Crippen molar-refractivity contribution in [3.05, 3.63) is 72.3 Å². The van der Waals surface area contributed by atoms with Crippen LogP contribution in [0, 0.1) is 5.92 Å². The average molecular weight is 611 g/mol. The molecule has 4 rings (SSSR count). The summed E-state index contributed by atoms with van der Waals surface area (Å²) >= 11 is 0. The van der Waals surface area contributed by atoms with Crippen molar-refractivity contribution in [2.75, 3.05) is 26.7 Å². The van der Waals surface area contributed by atoms with E-state index < -0.39 is 35.5 Å². The lowest BCUT2D eigenvalue weighted by Crippen LogP contribution is -2.52. The zero-order chi connectivity index (χ0) is 32.1. The van der Waals surface area contributed by atoms with Crippen molar-refractivity contribution in [3.8, 4) is 11.1 Å². The molecule has 0 heterocycles. The molecule has 1 atom stereocenters. The Morgan fingerprint density at radius 3 is 2.14 bits per heavy atom. The summed E-state index contributed by atoms with van der Waals surface area (Å²) in [6, 6.07) is 15.0. The van der Waals surface area contributed by atoms with Gasteiger partial charge in [-0.05, 0) is 74.6 Å². The van der Waals surface area contributed by atoms with Crippen LogP contribution in [0.1, 0.15) is 76.3 Å². The zero-order valence-corrected chi connectivity index (χ0v) is 26.2. The van der Waals surface area contributed by atoms with Crippen LogP contribution in [0.25, 0.3) is 11.1 Å². The SMILES string of the molecule is C=CCCN(C(=O)OCC1c2ccccc2-c2ccccc21)[C@@H](CC1CCC(F)(F)CC1)C(=O)N(C)CC(=O)OC(C)(C)C. The molecule has 0 unspecified atom stereocenters. The van der Waals surface area contributed by atoms with E-state index in [9.17, 15) is 23.2 Å². The number of carbonyl (C=O) groups excluding carboxylic acids is 3. The molecule has 0 radical (unpaired) electrons. The number of fused-ring (bicyclic) bond motifs is 3. The van der Waals surface area contributed by atoms with Gasteiger partial charge in [0, 0.05) is 32.4 Å². The number of benzene rings is 2. The van der Waals surface area contributed by atoms with E-state index in [4.69, 9.17) is 9.47 Å². The van der Waals surface area contributed by atoms with Gasteiger partial charge >= 0.3 is 12.1 Å². The monoisotopic (exact) mass is 610 g/mol. The molecule has 1 fully saturated rings. The normalized spacial score (nSPS) is 16.8. The van der Waals surface area contributed by atoms with Gasteiger partial charge in [0.05, 0.1) is 0 Å². The van der Waals surface area contributed by atoms with Crippen LogP contribution in [0.15, 0.2) is 61.2 Å². The molecular formula is C35H44F2N2O5. The molecule has 238 valence electrons. The fraction of sp³-hybridized carbons (Fsp3) is 0.514. The Balaban J connectivity index is 1.56. The fourth-order valence-corrected chi connectivity index (χ4v) is 6.19. The number of nitrogens with zero attached hydrogens (tertiary/aromatic N) is 2. The number of ether oxygens (including phenoxy) is 2. The van der Waals surface area contributed by atoms with Crippen LogP contribution in [-0.2, 0) is 19.1 Å². The van der Waals surface area contributed by atoms with Crippen molar-refractivity contribution < 1.29 is 32.6 Å². The molecule has 1 saturated carbocycles. The van der Waals surface area contributed by atoms with Gasteiger partial charge in [-0.3, -0.25) is 14.5 Å². The first-order valence-corrected chi connectivity index (χ1v) is 15.4. The summed E-state index contributed by atoms with van der Waals surface area (Å²) in [5, 5.41) is 0. The molecule has 0 saturated heterocycles. The highest BCUT2D eigenvalue weighted by Crippen LogP contribution is 2.44. The second kappa shape index (κ2) is 13.9. The molecule has 2 aromatic rings. The number of rotatable bonds is 11. The lowest BCUT2D eigenvalue weighted by atomic mass is 9.82. The highest BCUT2D eigenvalue weighted by Gasteiger charge is 2.40. The summed E-state index contributed by atoms with van der Waals surface area (Å²) in [5.74, 6) is -4.13. The summed E-state index contributed by atoms with van der Waals surface area (Å²) in [6.45, 7) is 8.91. The summed E-state index contributed by atoms with van der Waals surface area (Å²) in [5.41, 5.74) is 3.58. The molecule has 0 spiro atoms. The van der Waals surface area contributed by atoms with E-state index in [2.05, 4.69) is 18.7 Å². The maximum absolute atomic E-state index is 14.0. The molecule has 2 aromatic carbocycles. The first-order chi connectivity index (χ1) is 20.8. The van der Waals surface area contributed by atoms with Crippen LogP contribution in [-0.4, -0.2) is 72.1 Å². The number of halogens is 2. The number of hydrogen-bond donors (Lipinski definition) is 0. The van der Waals surface area contributed by atoms with Crippen molar-refractivity contribution in [3.63, 3.8) is 0 Å². The van der Waals surface area contributed by atoms with Crippen LogP contribution in [0.2, 0.25) is 0 Å². The highest BCUT2D eigenvalue weighted by molar-refractivity contribution is 5.88. The minimum atomic E-state index is -2.72. The molecule has 2 amide bonds. The Labute approximate surface area is 259 Å². The van der Waals surface area contributed by atoms with E-state index in [0.717, 1.165) is 22.3 Å². The van der Waals surface area contributed by atoms with Gasteiger partial charge in [0.25, 0.3) is 0 Å². The summed E-state index contributed by atoms with van der Waals surface area (Å²) in [6.07, 6.45) is 1.53. The van der Waals surface area contributed by atoms with Gasteiger partial charge < -0.3 is 14.4 Å². The van der Waals surface area contributed by atoms with E-state index in [1.807, 2.05) is 36.4 Å². The van der Waals surface area contributed by atoms with E-state index in [0.29, 0.717) is 6.42 Å². The molecule has 0 aromatic heterocycles. The summed E-state index contributed by atoms with van der Waals surface area (Å²) < 4.78 is 39.3. The van der Waals surface area contributed by atoms with Crippen molar-refractivity contribution in [1.82, 2.24) is 9.80 Å². The Morgan fingerprint density at radius 2 is 1.59 bits per heavy atom. The number of hydrogen-bond acceptors (Lipinski definition) is 5. The Morgan fingerprint density at radius 1 is 1.02 bits per heavy atom. The van der Waals surface area contributed by atoms with Crippen LogP contribution in [0.3, 0.4) is 0 Å². The fourth-order valence-electron chi connectivity index (χ4n) is 6.19. The maximum atomic E-state index is 14.0. The molecule has 0 aliphatic heterocycles. The second-order valence-corrected chi connectivity index (χ2v) is 12.9. The quantitative estimate of drug-likeness (QED) is 0.199. The van der Waals surface area contributed by atoms with Gasteiger partial charge in [-0.15, -0.1) is 6.58 Å². The van der Waals surface area contributed by atoms with E-state index >= 15 is 0 Å². The number of carbonyl (C=O) groups is 3. The van der Waals surface area contributed by atoms with Gasteiger partial charge in [0.2, 0.25) is 11.8 Å². The molecule has 2 aliphatic carbocycles. The lowest BCUT2D eigenvalue weighted by Gasteiger charge is -2.36. The minimum absolute atomic E-state index is 0.0712. The lowest BCUT2D eigenvalue weighted by molar-refractivity contribution is -0.159. The molecule has 0 N–H and O–H groups in total. The minimum Gasteiger partial charge on any atom is -0.459 e. The molecule has 7 nitrogen and oxygen atoms in total. The predicted octanol–water partition coefficient (Wildman–Crippen LogP) is 7.20. The predicted molar refractivity (Wildman–Crippen MR) is 165 cm³/mol. The van der Waals surface area contributed by atoms with Gasteiger partial charge in [-0.25, -0.2) is 13.6 Å². The Kier molecular flexibility index (Phi) is 10.5. The molecule has 0 bridgehead atoms. The Bertz CT molecular complexity index is 1300. The van der Waals surface area contributed by atoms with Crippen LogP contribution < -0.4 is 0 Å². The number of alkyl halides is 2. The van der Waals surface area contributed by atoms with Crippen molar-refractivity contribution in [2.45, 2.75) is 82.8 Å². The average Bonchev–Trinajstić information content (AvgIpc) is 3.28. The van der Waals surface area contributed by atoms with Crippen LogP contribution >= 0.6 is 0 Å². The van der Waals surface area contributed by atoms with Gasteiger partial charge in [0.1, 0.15) is 24.8 Å². The van der Waals surface area contributed by atoms with Crippen molar-refractivity contribution in [1.29, 1.82) is 0 Å². The van der Waals surface area contributed by atoms with Gasteiger partial charge in [-0.2, -0.15) is 0 Å². The molecule has 9 heteroatoms. The topological polar surface area (TPSA) is 76.2 Å². The van der Waals surface area contributed by atoms with Crippen LogP contribution in [0.4, 0.5) is 13.6 Å². The van der Waals surface area contributed by atoms with Crippen molar-refractivity contribution >= 4 is 18.0 Å². The number of amides is 2. The smallest absolute Gasteiger partial charge is 0.410 e. The van der Waals surface area contributed by atoms with Gasteiger partial charge in [0.15, 0.2) is 0 Å². The van der Waals surface area contributed by atoms with Gasteiger partial charge in [-0.1, -0.05) is 54.6 Å². The molecular weight excluding hydrogens is 566 g/mol. The standard InChI is InChI=1S/C35H44F2N2O5/c1-6-7-20-39(33(42)43-23-29-27-14-10-8-12-25(27)26-13-9-11-15-28(26)29)30(21-24-16-18-35(36,37)19-17-24)32(41)38(5)22-31(40)44-34(2,3)4/h6,8-15,24,29-30H,1,7,16-23H2,2-5H3/t30-/m0/s1. The first kappa shape index (κ1) is 33.1. The molecule has 2 aliphatic rings. The highest BCUT2D eigenvalue weighted by atomic mass is 19.3. The largest absolute Gasteiger partial charge is 0.459 e. The third-order valence-electron chi connectivity index (χ3n) is 8.36. The summed E-state index contributed by atoms with van der Waals surface area (Å²) in [7, 11) is 1.48. The Hall–Kier alpha value is -3.75. The van der Waals surface area contributed by atoms with E-state index in [1.165, 1.54) is 16.8 Å². The van der Waals surface area contributed by atoms with Crippen LogP contribution in [0.5, 0.6) is 0 Å². The summed E-state index contributed by atoms with van der Waals surface area (Å²) in [4.78, 5) is 43.0. The number of likely N-dealkylation sites (N-methyl/N-ethyl adjacent to an activating group) is 1. The maximum Gasteiger partial charge on any atom is 0.410 e. The third kappa shape index (κ3) is 8.24. The second-order valence-electron chi connectivity index (χ2n) is 12.9. The molecule has 44 heavy (non-hydrogen) atoms. The zero-order valence-electron chi connectivity index (χ0n) is 26.2. The number of esters is 1. The van der Waals surface area contributed by atoms with E-state index in [1.54, 1.807) is 26.8 Å². The third-order valence-corrected chi connectivity index (χ3v) is 8.36. The van der Waals surface area contributed by atoms with E-state index in [-0.39, 0.29) is 63.6 Å². The first-order valence-electron chi connectivity index (χ1n) is 15.4.